The van der Waals surface area contributed by atoms with Crippen molar-refractivity contribution in [3.63, 3.8) is 0 Å². The number of guanidine groups is 1. The fourth-order valence-electron chi connectivity index (χ4n) is 2.73. The molecule has 0 aromatic heterocycles. The van der Waals surface area contributed by atoms with Crippen LogP contribution in [0.2, 0.25) is 0 Å². The van der Waals surface area contributed by atoms with Crippen molar-refractivity contribution in [2.45, 2.75) is 30.8 Å². The first-order valence-electron chi connectivity index (χ1n) is 9.57. The lowest BCUT2D eigenvalue weighted by Crippen LogP contribution is -2.38. The molecule has 0 aliphatic rings. The Morgan fingerprint density at radius 2 is 1.48 bits per heavy atom. The molecule has 0 atom stereocenters. The van der Waals surface area contributed by atoms with E-state index in [1.807, 2.05) is 6.92 Å². The van der Waals surface area contributed by atoms with Gasteiger partial charge in [0.1, 0.15) is 0 Å². The summed E-state index contributed by atoms with van der Waals surface area (Å²) in [7, 11) is -3.20. The van der Waals surface area contributed by atoms with Gasteiger partial charge in [-0.3, -0.25) is 4.99 Å². The summed E-state index contributed by atoms with van der Waals surface area (Å²) in [6, 6.07) is 11.9. The minimum atomic E-state index is -4.33. The van der Waals surface area contributed by atoms with Gasteiger partial charge in [0.2, 0.25) is 0 Å². The molecule has 0 saturated carbocycles. The predicted molar refractivity (Wildman–Crippen MR) is 128 cm³/mol. The molecule has 0 heterocycles. The van der Waals surface area contributed by atoms with E-state index in [0.717, 1.165) is 23.3 Å². The fraction of sp³-hybridized carbons (Fsp3) is 0.381. The molecule has 0 radical (unpaired) electrons. The van der Waals surface area contributed by atoms with Crippen LogP contribution in [0.25, 0.3) is 0 Å². The number of sulfone groups is 1. The SMILES string of the molecule is CCNC(=NCCc1ccc(C(F)(F)F)cc1)NCCc1ccc(S(C)(=O)=O)cc1.I. The second-order valence-electron chi connectivity index (χ2n) is 6.80. The molecule has 0 bridgehead atoms. The normalized spacial score (nSPS) is 12.2. The van der Waals surface area contributed by atoms with Crippen LogP contribution in [0.3, 0.4) is 0 Å². The highest BCUT2D eigenvalue weighted by molar-refractivity contribution is 14.0. The summed E-state index contributed by atoms with van der Waals surface area (Å²) in [5.74, 6) is 0.622. The average Bonchev–Trinajstić information content (AvgIpc) is 2.67. The van der Waals surface area contributed by atoms with Crippen LogP contribution in [0.1, 0.15) is 23.6 Å². The van der Waals surface area contributed by atoms with E-state index in [1.165, 1.54) is 18.4 Å². The lowest BCUT2D eigenvalue weighted by molar-refractivity contribution is -0.137. The summed E-state index contributed by atoms with van der Waals surface area (Å²) >= 11 is 0. The first kappa shape index (κ1) is 27.2. The Balaban J connectivity index is 0.00000480. The van der Waals surface area contributed by atoms with Gasteiger partial charge in [-0.15, -0.1) is 24.0 Å². The quantitative estimate of drug-likeness (QED) is 0.286. The van der Waals surface area contributed by atoms with Gasteiger partial charge in [-0.2, -0.15) is 13.2 Å². The molecule has 5 nitrogen and oxygen atoms in total. The minimum Gasteiger partial charge on any atom is -0.357 e. The number of rotatable bonds is 8. The van der Waals surface area contributed by atoms with E-state index in [2.05, 4.69) is 15.6 Å². The second-order valence-corrected chi connectivity index (χ2v) is 8.81. The molecule has 0 saturated heterocycles. The molecule has 2 aromatic carbocycles. The van der Waals surface area contributed by atoms with E-state index in [4.69, 9.17) is 0 Å². The van der Waals surface area contributed by atoms with Crippen LogP contribution in [0.5, 0.6) is 0 Å². The van der Waals surface area contributed by atoms with Crippen molar-refractivity contribution in [1.29, 1.82) is 0 Å². The molecule has 172 valence electrons. The number of halogens is 4. The predicted octanol–water partition coefficient (Wildman–Crippen LogP) is 4.07. The van der Waals surface area contributed by atoms with Crippen molar-refractivity contribution < 1.29 is 21.6 Å². The molecule has 0 unspecified atom stereocenters. The summed E-state index contributed by atoms with van der Waals surface area (Å²) in [5, 5.41) is 6.33. The van der Waals surface area contributed by atoms with Gasteiger partial charge in [0.05, 0.1) is 10.5 Å². The zero-order valence-corrected chi connectivity index (χ0v) is 20.5. The maximum absolute atomic E-state index is 12.6. The molecule has 0 aliphatic carbocycles. The average molecular weight is 569 g/mol. The molecule has 2 aromatic rings. The van der Waals surface area contributed by atoms with Crippen LogP contribution in [0, 0.1) is 0 Å². The Morgan fingerprint density at radius 3 is 2.00 bits per heavy atom. The van der Waals surface area contributed by atoms with Crippen molar-refractivity contribution in [3.8, 4) is 0 Å². The van der Waals surface area contributed by atoms with E-state index in [1.54, 1.807) is 24.3 Å². The molecule has 2 N–H and O–H groups in total. The summed E-state index contributed by atoms with van der Waals surface area (Å²) in [6.07, 6.45) is -1.94. The Kier molecular flexibility index (Phi) is 10.8. The van der Waals surface area contributed by atoms with Crippen LogP contribution in [-0.4, -0.2) is 40.3 Å². The van der Waals surface area contributed by atoms with Gasteiger partial charge < -0.3 is 10.6 Å². The Labute approximate surface area is 198 Å². The van der Waals surface area contributed by atoms with Gasteiger partial charge in [-0.1, -0.05) is 24.3 Å². The van der Waals surface area contributed by atoms with Crippen LogP contribution >= 0.6 is 24.0 Å². The highest BCUT2D eigenvalue weighted by Crippen LogP contribution is 2.29. The van der Waals surface area contributed by atoms with Crippen molar-refractivity contribution in [2.75, 3.05) is 25.9 Å². The topological polar surface area (TPSA) is 70.6 Å². The van der Waals surface area contributed by atoms with Gasteiger partial charge in [-0.05, 0) is 55.2 Å². The molecule has 0 fully saturated rings. The summed E-state index contributed by atoms with van der Waals surface area (Å²) < 4.78 is 60.8. The Hall–Kier alpha value is -1.82. The molecule has 0 amide bonds. The standard InChI is InChI=1S/C21H26F3N3O2S.HI/c1-3-25-20(26-14-12-16-4-8-18(9-5-16)21(22,23)24)27-15-13-17-6-10-19(11-7-17)30(2,28)29;/h4-11H,3,12-15H2,1-2H3,(H2,25,26,27);1H. The smallest absolute Gasteiger partial charge is 0.357 e. The first-order chi connectivity index (χ1) is 14.1. The second kappa shape index (κ2) is 12.3. The molecule has 0 aliphatic heterocycles. The lowest BCUT2D eigenvalue weighted by atomic mass is 10.1. The summed E-state index contributed by atoms with van der Waals surface area (Å²) in [5.41, 5.74) is 1.12. The summed E-state index contributed by atoms with van der Waals surface area (Å²) in [6.45, 7) is 3.65. The van der Waals surface area contributed by atoms with Crippen molar-refractivity contribution in [3.05, 3.63) is 65.2 Å². The maximum atomic E-state index is 12.6. The van der Waals surface area contributed by atoms with Gasteiger partial charge in [0.25, 0.3) is 0 Å². The van der Waals surface area contributed by atoms with Crippen LogP contribution in [0.15, 0.2) is 58.4 Å². The van der Waals surface area contributed by atoms with Crippen LogP contribution in [0.4, 0.5) is 13.2 Å². The number of aliphatic imine (C=N–C) groups is 1. The zero-order chi connectivity index (χ0) is 22.2. The highest BCUT2D eigenvalue weighted by atomic mass is 127. The largest absolute Gasteiger partial charge is 0.416 e. The minimum absolute atomic E-state index is 0. The molecular formula is C21H27F3IN3O2S. The third-order valence-electron chi connectivity index (χ3n) is 4.35. The van der Waals surface area contributed by atoms with Gasteiger partial charge in [0.15, 0.2) is 15.8 Å². The number of nitrogens with one attached hydrogen (secondary N) is 2. The van der Waals surface area contributed by atoms with E-state index in [9.17, 15) is 21.6 Å². The number of benzene rings is 2. The third-order valence-corrected chi connectivity index (χ3v) is 5.48. The highest BCUT2D eigenvalue weighted by Gasteiger charge is 2.29. The Bertz CT molecular complexity index is 945. The van der Waals surface area contributed by atoms with Gasteiger partial charge in [-0.25, -0.2) is 8.42 Å². The summed E-state index contributed by atoms with van der Waals surface area (Å²) in [4.78, 5) is 4.74. The fourth-order valence-corrected chi connectivity index (χ4v) is 3.36. The monoisotopic (exact) mass is 569 g/mol. The number of hydrogen-bond acceptors (Lipinski definition) is 3. The van der Waals surface area contributed by atoms with E-state index >= 15 is 0 Å². The lowest BCUT2D eigenvalue weighted by Gasteiger charge is -2.12. The number of alkyl halides is 3. The Morgan fingerprint density at radius 1 is 0.935 bits per heavy atom. The number of hydrogen-bond donors (Lipinski definition) is 2. The van der Waals surface area contributed by atoms with Gasteiger partial charge >= 0.3 is 6.18 Å². The maximum Gasteiger partial charge on any atom is 0.416 e. The van der Waals surface area contributed by atoms with Crippen molar-refractivity contribution in [1.82, 2.24) is 10.6 Å². The van der Waals surface area contributed by atoms with Crippen LogP contribution in [-0.2, 0) is 28.9 Å². The molecule has 31 heavy (non-hydrogen) atoms. The zero-order valence-electron chi connectivity index (χ0n) is 17.4. The molecular weight excluding hydrogens is 542 g/mol. The number of nitrogens with zero attached hydrogens (tertiary/aromatic N) is 1. The van der Waals surface area contributed by atoms with Gasteiger partial charge in [0, 0.05) is 25.9 Å². The molecule has 0 spiro atoms. The van der Waals surface area contributed by atoms with E-state index in [-0.39, 0.29) is 28.9 Å². The molecule has 2 rings (SSSR count). The van der Waals surface area contributed by atoms with Crippen molar-refractivity contribution >= 4 is 39.8 Å². The van der Waals surface area contributed by atoms with Crippen LogP contribution < -0.4 is 10.6 Å². The van der Waals surface area contributed by atoms with Crippen molar-refractivity contribution in [2.24, 2.45) is 4.99 Å². The van der Waals surface area contributed by atoms with E-state index in [0.29, 0.717) is 38.4 Å². The van der Waals surface area contributed by atoms with E-state index < -0.39 is 21.6 Å². The third kappa shape index (κ3) is 9.46. The molecule has 10 heteroatoms. The first-order valence-corrected chi connectivity index (χ1v) is 11.5.